The van der Waals surface area contributed by atoms with Crippen LogP contribution in [0.2, 0.25) is 5.02 Å². The van der Waals surface area contributed by atoms with Crippen molar-refractivity contribution in [1.29, 1.82) is 0 Å². The van der Waals surface area contributed by atoms with Crippen molar-refractivity contribution in [2.24, 2.45) is 0 Å². The van der Waals surface area contributed by atoms with E-state index in [9.17, 15) is 4.79 Å². The van der Waals surface area contributed by atoms with E-state index in [2.05, 4.69) is 22.9 Å². The summed E-state index contributed by atoms with van der Waals surface area (Å²) in [6.45, 7) is 5.73. The van der Waals surface area contributed by atoms with Crippen molar-refractivity contribution in [3.63, 3.8) is 0 Å². The highest BCUT2D eigenvalue weighted by Gasteiger charge is 2.21. The molecule has 0 aliphatic carbocycles. The number of rotatable bonds is 7. The highest BCUT2D eigenvalue weighted by Crippen LogP contribution is 2.20. The molecule has 0 aliphatic rings. The minimum Gasteiger partial charge on any atom is -0.342 e. The molecular formula is C15H21BrClNO. The number of unbranched alkanes of at least 4 members (excludes halogenated alkanes) is 1. The Morgan fingerprint density at radius 2 is 2.05 bits per heavy atom. The van der Waals surface area contributed by atoms with Gasteiger partial charge in [-0.25, -0.2) is 0 Å². The van der Waals surface area contributed by atoms with E-state index < -0.39 is 0 Å². The molecule has 0 aliphatic heterocycles. The van der Waals surface area contributed by atoms with Crippen molar-refractivity contribution in [3.05, 3.63) is 34.9 Å². The summed E-state index contributed by atoms with van der Waals surface area (Å²) in [6, 6.07) is 7.67. The van der Waals surface area contributed by atoms with Gasteiger partial charge in [-0.1, -0.05) is 59.1 Å². The number of hydrogen-bond donors (Lipinski definition) is 0. The quantitative estimate of drug-likeness (QED) is 0.674. The third kappa shape index (κ3) is 5.15. The lowest BCUT2D eigenvalue weighted by molar-refractivity contribution is -0.130. The molecule has 106 valence electrons. The Kier molecular flexibility index (Phi) is 7.47. The second kappa shape index (κ2) is 8.60. The smallest absolute Gasteiger partial charge is 0.236 e. The van der Waals surface area contributed by atoms with Crippen LogP contribution < -0.4 is 0 Å². The van der Waals surface area contributed by atoms with Gasteiger partial charge in [0.05, 0.1) is 4.83 Å². The number of alkyl halides is 1. The van der Waals surface area contributed by atoms with E-state index in [0.717, 1.165) is 36.5 Å². The maximum Gasteiger partial charge on any atom is 0.236 e. The van der Waals surface area contributed by atoms with Crippen molar-refractivity contribution < 1.29 is 4.79 Å². The van der Waals surface area contributed by atoms with Crippen molar-refractivity contribution in [3.8, 4) is 0 Å². The minimum absolute atomic E-state index is 0.149. The van der Waals surface area contributed by atoms with Crippen LogP contribution >= 0.6 is 27.5 Å². The third-order valence-electron chi connectivity index (χ3n) is 3.10. The van der Waals surface area contributed by atoms with Crippen LogP contribution in [0.25, 0.3) is 0 Å². The predicted molar refractivity (Wildman–Crippen MR) is 85.0 cm³/mol. The summed E-state index contributed by atoms with van der Waals surface area (Å²) >= 11 is 9.62. The van der Waals surface area contributed by atoms with Gasteiger partial charge in [0.15, 0.2) is 0 Å². The van der Waals surface area contributed by atoms with Gasteiger partial charge in [0.25, 0.3) is 0 Å². The molecule has 0 radical (unpaired) electrons. The van der Waals surface area contributed by atoms with Gasteiger partial charge in [-0.15, -0.1) is 0 Å². The van der Waals surface area contributed by atoms with E-state index in [1.54, 1.807) is 0 Å². The van der Waals surface area contributed by atoms with E-state index in [4.69, 9.17) is 11.6 Å². The molecule has 2 nitrogen and oxygen atoms in total. The Balaban J connectivity index is 2.63. The molecule has 4 heteroatoms. The molecule has 0 spiro atoms. The Morgan fingerprint density at radius 1 is 1.37 bits per heavy atom. The Morgan fingerprint density at radius 3 is 2.63 bits per heavy atom. The van der Waals surface area contributed by atoms with Crippen LogP contribution in [0, 0.1) is 0 Å². The maximum absolute atomic E-state index is 12.3. The summed E-state index contributed by atoms with van der Waals surface area (Å²) in [4.78, 5) is 14.0. The molecule has 0 saturated heterocycles. The molecule has 1 aromatic carbocycles. The monoisotopic (exact) mass is 345 g/mol. The maximum atomic E-state index is 12.3. The normalized spacial score (nSPS) is 12.2. The Labute approximate surface area is 129 Å². The van der Waals surface area contributed by atoms with E-state index >= 15 is 0 Å². The first kappa shape index (κ1) is 16.5. The molecule has 1 amide bonds. The second-order valence-corrected chi connectivity index (χ2v) is 6.05. The number of benzene rings is 1. The van der Waals surface area contributed by atoms with Crippen LogP contribution in [-0.2, 0) is 11.2 Å². The van der Waals surface area contributed by atoms with Crippen LogP contribution in [0.1, 0.15) is 32.3 Å². The summed E-state index contributed by atoms with van der Waals surface area (Å²) in [6.07, 6.45) is 2.77. The molecule has 1 rings (SSSR count). The fourth-order valence-corrected chi connectivity index (χ4v) is 2.77. The van der Waals surface area contributed by atoms with Crippen LogP contribution in [0.4, 0.5) is 0 Å². The molecule has 0 bridgehead atoms. The number of carbonyl (C=O) groups is 1. The molecule has 1 atom stereocenters. The highest BCUT2D eigenvalue weighted by molar-refractivity contribution is 9.10. The van der Waals surface area contributed by atoms with Gasteiger partial charge in [0, 0.05) is 18.1 Å². The topological polar surface area (TPSA) is 20.3 Å². The van der Waals surface area contributed by atoms with Crippen molar-refractivity contribution in [2.45, 2.75) is 37.9 Å². The van der Waals surface area contributed by atoms with E-state index in [-0.39, 0.29) is 10.7 Å². The number of amides is 1. The van der Waals surface area contributed by atoms with Gasteiger partial charge in [-0.05, 0) is 31.4 Å². The van der Waals surface area contributed by atoms with Gasteiger partial charge in [0.1, 0.15) is 0 Å². The zero-order chi connectivity index (χ0) is 14.3. The van der Waals surface area contributed by atoms with Crippen LogP contribution in [0.3, 0.4) is 0 Å². The van der Waals surface area contributed by atoms with E-state index in [1.165, 1.54) is 0 Å². The molecule has 0 N–H and O–H groups in total. The van der Waals surface area contributed by atoms with Crippen LogP contribution in [-0.4, -0.2) is 28.7 Å². The fourth-order valence-electron chi connectivity index (χ4n) is 1.92. The second-order valence-electron chi connectivity index (χ2n) is 4.53. The lowest BCUT2D eigenvalue weighted by Crippen LogP contribution is -2.38. The van der Waals surface area contributed by atoms with Gasteiger partial charge < -0.3 is 4.90 Å². The highest BCUT2D eigenvalue weighted by atomic mass is 79.9. The first-order valence-electron chi connectivity index (χ1n) is 6.76. The van der Waals surface area contributed by atoms with Crippen molar-refractivity contribution in [2.75, 3.05) is 13.1 Å². The summed E-state index contributed by atoms with van der Waals surface area (Å²) in [5.74, 6) is 0.149. The summed E-state index contributed by atoms with van der Waals surface area (Å²) in [7, 11) is 0. The molecule has 0 heterocycles. The molecule has 1 unspecified atom stereocenters. The molecule has 19 heavy (non-hydrogen) atoms. The Hall–Kier alpha value is -0.540. The summed E-state index contributed by atoms with van der Waals surface area (Å²) in [5, 5.41) is 0.719. The van der Waals surface area contributed by atoms with E-state index in [1.807, 2.05) is 36.1 Å². The van der Waals surface area contributed by atoms with Crippen molar-refractivity contribution in [1.82, 2.24) is 4.90 Å². The SMILES string of the molecule is CCCCN(CC)C(=O)C(Br)Cc1ccccc1Cl. The number of hydrogen-bond acceptors (Lipinski definition) is 1. The van der Waals surface area contributed by atoms with Crippen LogP contribution in [0.15, 0.2) is 24.3 Å². The minimum atomic E-state index is -0.204. The molecule has 0 aromatic heterocycles. The lowest BCUT2D eigenvalue weighted by Gasteiger charge is -2.23. The van der Waals surface area contributed by atoms with Crippen LogP contribution in [0.5, 0.6) is 0 Å². The first-order valence-corrected chi connectivity index (χ1v) is 8.05. The Bertz CT molecular complexity index is 411. The van der Waals surface area contributed by atoms with Crippen molar-refractivity contribution >= 4 is 33.4 Å². The first-order chi connectivity index (χ1) is 9.10. The fraction of sp³-hybridized carbons (Fsp3) is 0.533. The predicted octanol–water partition coefficient (Wildman–Crippen LogP) is 4.29. The average Bonchev–Trinajstić information content (AvgIpc) is 2.42. The summed E-state index contributed by atoms with van der Waals surface area (Å²) < 4.78 is 0. The number of nitrogens with zero attached hydrogens (tertiary/aromatic N) is 1. The molecule has 0 fully saturated rings. The standard InChI is InChI=1S/C15H21BrClNO/c1-3-5-10-18(4-2)15(19)13(16)11-12-8-6-7-9-14(12)17/h6-9,13H,3-5,10-11H2,1-2H3. The molecule has 1 aromatic rings. The zero-order valence-electron chi connectivity index (χ0n) is 11.5. The lowest BCUT2D eigenvalue weighted by atomic mass is 10.1. The van der Waals surface area contributed by atoms with E-state index in [0.29, 0.717) is 6.42 Å². The largest absolute Gasteiger partial charge is 0.342 e. The average molecular weight is 347 g/mol. The number of carbonyl (C=O) groups excluding carboxylic acids is 1. The van der Waals surface area contributed by atoms with Gasteiger partial charge in [0.2, 0.25) is 5.91 Å². The molecule has 0 saturated carbocycles. The zero-order valence-corrected chi connectivity index (χ0v) is 13.9. The van der Waals surface area contributed by atoms with Gasteiger partial charge in [-0.3, -0.25) is 4.79 Å². The van der Waals surface area contributed by atoms with Gasteiger partial charge in [-0.2, -0.15) is 0 Å². The molecular weight excluding hydrogens is 326 g/mol. The number of halogens is 2. The third-order valence-corrected chi connectivity index (χ3v) is 4.18. The van der Waals surface area contributed by atoms with Gasteiger partial charge >= 0.3 is 0 Å². The summed E-state index contributed by atoms with van der Waals surface area (Å²) in [5.41, 5.74) is 1.01.